The van der Waals surface area contributed by atoms with Crippen molar-refractivity contribution in [1.29, 1.82) is 5.26 Å². The van der Waals surface area contributed by atoms with Gasteiger partial charge in [0.2, 0.25) is 12.1 Å². The van der Waals surface area contributed by atoms with E-state index in [1.165, 1.54) is 19.3 Å². The Bertz CT molecular complexity index is 918. The smallest absolute Gasteiger partial charge is 0.365 e. The van der Waals surface area contributed by atoms with Crippen LogP contribution in [0.1, 0.15) is 18.9 Å². The van der Waals surface area contributed by atoms with Gasteiger partial charge < -0.3 is 19.8 Å². The Morgan fingerprint density at radius 1 is 1.41 bits per heavy atom. The van der Waals surface area contributed by atoms with Gasteiger partial charge in [0.05, 0.1) is 7.11 Å². The Hall–Kier alpha value is -3.73. The molecule has 8 nitrogen and oxygen atoms in total. The van der Waals surface area contributed by atoms with Crippen LogP contribution in [0.4, 0.5) is 17.3 Å². The normalized spacial score (nSPS) is 10.8. The molecule has 1 aromatic carbocycles. The Morgan fingerprint density at radius 2 is 2.19 bits per heavy atom. The van der Waals surface area contributed by atoms with Crippen LogP contribution in [0, 0.1) is 21.4 Å². The lowest BCUT2D eigenvalue weighted by Crippen LogP contribution is -2.19. The molecule has 2 rings (SSSR count). The summed E-state index contributed by atoms with van der Waals surface area (Å²) in [5.41, 5.74) is 1.11. The molecule has 0 spiro atoms. The highest BCUT2D eigenvalue weighted by molar-refractivity contribution is 5.88. The number of benzene rings is 1. The third kappa shape index (κ3) is 4.67. The van der Waals surface area contributed by atoms with E-state index in [9.17, 15) is 14.9 Å². The van der Waals surface area contributed by atoms with Crippen molar-refractivity contribution in [2.75, 3.05) is 18.6 Å². The fraction of sp³-hybridized carbons (Fsp3) is 0.211. The van der Waals surface area contributed by atoms with Crippen molar-refractivity contribution in [1.82, 2.24) is 4.98 Å². The fourth-order valence-electron chi connectivity index (χ4n) is 2.49. The molecule has 1 heterocycles. The standard InChI is InChI=1S/C19H17N4O4/c1-3-9-22(18-5-4-6-19(21-18)23(25)26)16-8-7-15(17(11-16)27-2)10-14(12-20)13-24/h4-8,10-11H,3,9H2,1-2H3/b14-10-. The number of pyridine rings is 1. The lowest BCUT2D eigenvalue weighted by Gasteiger charge is -2.21. The number of ether oxygens (including phenoxy) is 1. The van der Waals surface area contributed by atoms with Gasteiger partial charge in [-0.2, -0.15) is 5.26 Å². The van der Waals surface area contributed by atoms with Gasteiger partial charge in [-0.15, -0.1) is 0 Å². The first-order chi connectivity index (χ1) is 13.0. The van der Waals surface area contributed by atoms with Crippen LogP contribution in [0.2, 0.25) is 0 Å². The second-order valence-corrected chi connectivity index (χ2v) is 5.46. The summed E-state index contributed by atoms with van der Waals surface area (Å²) in [5.74, 6) is 0.651. The second kappa shape index (κ2) is 9.10. The van der Waals surface area contributed by atoms with Gasteiger partial charge in [0, 0.05) is 36.0 Å². The predicted molar refractivity (Wildman–Crippen MR) is 100 cm³/mol. The molecule has 0 aliphatic rings. The van der Waals surface area contributed by atoms with Crippen LogP contribution in [0.5, 0.6) is 5.75 Å². The quantitative estimate of drug-likeness (QED) is 0.304. The molecule has 0 unspecified atom stereocenters. The Labute approximate surface area is 156 Å². The second-order valence-electron chi connectivity index (χ2n) is 5.46. The largest absolute Gasteiger partial charge is 0.496 e. The molecule has 1 radical (unpaired) electrons. The minimum atomic E-state index is -0.540. The molecular weight excluding hydrogens is 348 g/mol. The molecule has 0 N–H and O–H groups in total. The number of methoxy groups -OCH3 is 1. The van der Waals surface area contributed by atoms with Crippen molar-refractivity contribution in [2.24, 2.45) is 0 Å². The molecule has 0 saturated carbocycles. The summed E-state index contributed by atoms with van der Waals surface area (Å²) in [5, 5.41) is 19.9. The molecule has 0 aliphatic carbocycles. The minimum Gasteiger partial charge on any atom is -0.496 e. The minimum absolute atomic E-state index is 0.146. The van der Waals surface area contributed by atoms with Crippen molar-refractivity contribution in [3.05, 3.63) is 57.6 Å². The highest BCUT2D eigenvalue weighted by Crippen LogP contribution is 2.31. The molecule has 0 saturated heterocycles. The first kappa shape index (κ1) is 19.6. The van der Waals surface area contributed by atoms with Crippen LogP contribution in [-0.2, 0) is 4.79 Å². The summed E-state index contributed by atoms with van der Waals surface area (Å²) in [6.45, 7) is 2.57. The zero-order valence-corrected chi connectivity index (χ0v) is 14.9. The average molecular weight is 365 g/mol. The van der Waals surface area contributed by atoms with E-state index in [0.717, 1.165) is 6.42 Å². The predicted octanol–water partition coefficient (Wildman–Crippen LogP) is 3.56. The maximum atomic E-state index is 11.0. The lowest BCUT2D eigenvalue weighted by molar-refractivity contribution is -0.389. The number of aromatic nitrogens is 1. The van der Waals surface area contributed by atoms with E-state index in [0.29, 0.717) is 29.4 Å². The molecule has 2 aromatic rings. The SMILES string of the molecule is CCCN(c1ccc(/C=C(\[C]=O)C#N)c(OC)c1)c1cccc([N+](=O)[O-])n1. The van der Waals surface area contributed by atoms with Gasteiger partial charge in [-0.25, -0.2) is 0 Å². The molecule has 27 heavy (non-hydrogen) atoms. The zero-order chi connectivity index (χ0) is 19.8. The number of nitriles is 1. The summed E-state index contributed by atoms with van der Waals surface area (Å²) < 4.78 is 5.36. The summed E-state index contributed by atoms with van der Waals surface area (Å²) in [4.78, 5) is 27.2. The van der Waals surface area contributed by atoms with Crippen molar-refractivity contribution in [3.8, 4) is 11.8 Å². The highest BCUT2D eigenvalue weighted by Gasteiger charge is 2.18. The molecule has 137 valence electrons. The van der Waals surface area contributed by atoms with Crippen LogP contribution < -0.4 is 9.64 Å². The summed E-state index contributed by atoms with van der Waals surface area (Å²) in [6, 6.07) is 11.5. The molecule has 0 amide bonds. The van der Waals surface area contributed by atoms with Gasteiger partial charge in [0.25, 0.3) is 0 Å². The van der Waals surface area contributed by atoms with E-state index in [2.05, 4.69) is 4.98 Å². The molecule has 0 aliphatic heterocycles. The van der Waals surface area contributed by atoms with Gasteiger partial charge in [0.1, 0.15) is 17.4 Å². The third-order valence-electron chi connectivity index (χ3n) is 3.69. The van der Waals surface area contributed by atoms with Crippen LogP contribution in [0.3, 0.4) is 0 Å². The number of allylic oxidation sites excluding steroid dienone is 1. The van der Waals surface area contributed by atoms with E-state index in [1.807, 2.05) is 11.8 Å². The zero-order valence-electron chi connectivity index (χ0n) is 14.9. The van der Waals surface area contributed by atoms with Crippen LogP contribution in [0.15, 0.2) is 42.0 Å². The van der Waals surface area contributed by atoms with Crippen molar-refractivity contribution < 1.29 is 14.5 Å². The Kier molecular flexibility index (Phi) is 6.61. The van der Waals surface area contributed by atoms with E-state index in [1.54, 1.807) is 42.7 Å². The van der Waals surface area contributed by atoms with E-state index >= 15 is 0 Å². The topological polar surface area (TPSA) is 109 Å². The number of carbonyl (C=O) groups excluding carboxylic acids is 1. The van der Waals surface area contributed by atoms with Crippen LogP contribution in [0.25, 0.3) is 6.08 Å². The number of hydrogen-bond acceptors (Lipinski definition) is 7. The third-order valence-corrected chi connectivity index (χ3v) is 3.69. The Morgan fingerprint density at radius 3 is 2.78 bits per heavy atom. The monoisotopic (exact) mass is 365 g/mol. The number of anilines is 2. The summed E-state index contributed by atoms with van der Waals surface area (Å²) in [7, 11) is 1.48. The number of nitro groups is 1. The average Bonchev–Trinajstić information content (AvgIpc) is 2.70. The summed E-state index contributed by atoms with van der Waals surface area (Å²) >= 11 is 0. The van der Waals surface area contributed by atoms with E-state index < -0.39 is 4.92 Å². The van der Waals surface area contributed by atoms with E-state index in [-0.39, 0.29) is 11.4 Å². The molecule has 1 aromatic heterocycles. The van der Waals surface area contributed by atoms with E-state index in [4.69, 9.17) is 10.00 Å². The van der Waals surface area contributed by atoms with Crippen molar-refractivity contribution in [2.45, 2.75) is 13.3 Å². The van der Waals surface area contributed by atoms with Gasteiger partial charge in [0.15, 0.2) is 0 Å². The molecule has 0 bridgehead atoms. The van der Waals surface area contributed by atoms with Gasteiger partial charge in [-0.05, 0) is 40.6 Å². The van der Waals surface area contributed by atoms with Crippen LogP contribution in [-0.4, -0.2) is 29.8 Å². The highest BCUT2D eigenvalue weighted by atomic mass is 16.6. The maximum Gasteiger partial charge on any atom is 0.365 e. The van der Waals surface area contributed by atoms with Crippen LogP contribution >= 0.6 is 0 Å². The first-order valence-electron chi connectivity index (χ1n) is 8.11. The van der Waals surface area contributed by atoms with Crippen molar-refractivity contribution >= 4 is 29.7 Å². The maximum absolute atomic E-state index is 11.0. The Balaban J connectivity index is 2.51. The molecule has 8 heteroatoms. The van der Waals surface area contributed by atoms with Gasteiger partial charge in [-0.1, -0.05) is 6.92 Å². The van der Waals surface area contributed by atoms with Gasteiger partial charge >= 0.3 is 5.82 Å². The van der Waals surface area contributed by atoms with Crippen molar-refractivity contribution in [3.63, 3.8) is 0 Å². The number of nitrogens with zero attached hydrogens (tertiary/aromatic N) is 4. The molecule has 0 fully saturated rings. The first-order valence-corrected chi connectivity index (χ1v) is 8.11. The lowest BCUT2D eigenvalue weighted by atomic mass is 10.1. The fourth-order valence-corrected chi connectivity index (χ4v) is 2.49. The number of hydrogen-bond donors (Lipinski definition) is 0. The molecular formula is C19H17N4O4. The van der Waals surface area contributed by atoms with Gasteiger partial charge in [-0.3, -0.25) is 4.79 Å². The number of rotatable bonds is 8. The summed E-state index contributed by atoms with van der Waals surface area (Å²) in [6.07, 6.45) is 3.73. The molecule has 0 atom stereocenters.